The number of nitrogens with zero attached hydrogens (tertiary/aromatic N) is 2. The number of hydrogen-bond acceptors (Lipinski definition) is 6. The Balaban J connectivity index is 2.63. The lowest BCUT2D eigenvalue weighted by molar-refractivity contribution is 0.0520. The quantitative estimate of drug-likeness (QED) is 0.604. The van der Waals surface area contributed by atoms with E-state index in [1.807, 2.05) is 14.1 Å². The third-order valence-corrected chi connectivity index (χ3v) is 2.05. The highest BCUT2D eigenvalue weighted by molar-refractivity contribution is 7.13. The van der Waals surface area contributed by atoms with Gasteiger partial charge in [-0.05, 0) is 6.92 Å². The number of nitrogens with one attached hydrogen (secondary N) is 1. The molecule has 0 aliphatic heterocycles. The van der Waals surface area contributed by atoms with Gasteiger partial charge in [-0.3, -0.25) is 5.43 Å². The molecule has 5 nitrogen and oxygen atoms in total. The number of aromatic nitrogens is 1. The molecular weight excluding hydrogens is 202 g/mol. The number of carbonyl (C=O) groups excluding carboxylic acids is 1. The van der Waals surface area contributed by atoms with Crippen molar-refractivity contribution in [2.24, 2.45) is 0 Å². The summed E-state index contributed by atoms with van der Waals surface area (Å²) in [5.41, 5.74) is 3.30. The van der Waals surface area contributed by atoms with Crippen LogP contribution in [0.3, 0.4) is 0 Å². The van der Waals surface area contributed by atoms with Gasteiger partial charge in [-0.15, -0.1) is 11.3 Å². The Bertz CT molecular complexity index is 311. The number of esters is 1. The predicted octanol–water partition coefficient (Wildman–Crippen LogP) is 1.21. The summed E-state index contributed by atoms with van der Waals surface area (Å²) in [5, 5.41) is 4.11. The van der Waals surface area contributed by atoms with Crippen LogP contribution in [-0.2, 0) is 4.74 Å². The maximum absolute atomic E-state index is 11.2. The first-order chi connectivity index (χ1) is 6.63. The lowest BCUT2D eigenvalue weighted by atomic mass is 10.5. The third-order valence-electron chi connectivity index (χ3n) is 1.31. The van der Waals surface area contributed by atoms with E-state index >= 15 is 0 Å². The summed E-state index contributed by atoms with van der Waals surface area (Å²) in [7, 11) is 3.71. The van der Waals surface area contributed by atoms with Gasteiger partial charge in [0.15, 0.2) is 10.8 Å². The van der Waals surface area contributed by atoms with Gasteiger partial charge >= 0.3 is 5.97 Å². The second-order valence-electron chi connectivity index (χ2n) is 2.76. The highest BCUT2D eigenvalue weighted by atomic mass is 32.1. The van der Waals surface area contributed by atoms with Gasteiger partial charge in [0.05, 0.1) is 6.61 Å². The standard InChI is InChI=1S/C8H13N3O2S/c1-4-13-7(12)6-5-14-8(9-6)10-11(2)3/h5H,4H2,1-3H3,(H,9,10). The molecule has 1 aromatic heterocycles. The fourth-order valence-electron chi connectivity index (χ4n) is 0.815. The molecule has 1 aromatic rings. The lowest BCUT2D eigenvalue weighted by Gasteiger charge is -2.08. The maximum atomic E-state index is 11.2. The molecule has 0 atom stereocenters. The number of hydrogen-bond donors (Lipinski definition) is 1. The summed E-state index contributed by atoms with van der Waals surface area (Å²) >= 11 is 1.37. The molecule has 6 heteroatoms. The van der Waals surface area contributed by atoms with E-state index in [4.69, 9.17) is 4.74 Å². The fraction of sp³-hybridized carbons (Fsp3) is 0.500. The summed E-state index contributed by atoms with van der Waals surface area (Å²) < 4.78 is 4.81. The van der Waals surface area contributed by atoms with Gasteiger partial charge in [-0.25, -0.2) is 14.8 Å². The number of hydrazine groups is 1. The zero-order valence-corrected chi connectivity index (χ0v) is 9.22. The van der Waals surface area contributed by atoms with Crippen molar-refractivity contribution in [3.8, 4) is 0 Å². The summed E-state index contributed by atoms with van der Waals surface area (Å²) in [6, 6.07) is 0. The van der Waals surface area contributed by atoms with E-state index in [2.05, 4.69) is 10.4 Å². The zero-order valence-electron chi connectivity index (χ0n) is 8.40. The molecule has 1 heterocycles. The molecule has 0 spiro atoms. The Labute approximate surface area is 86.7 Å². The lowest BCUT2D eigenvalue weighted by Crippen LogP contribution is -2.19. The van der Waals surface area contributed by atoms with Crippen molar-refractivity contribution >= 4 is 22.4 Å². The second-order valence-corrected chi connectivity index (χ2v) is 3.62. The van der Waals surface area contributed by atoms with Gasteiger partial charge in [0, 0.05) is 19.5 Å². The van der Waals surface area contributed by atoms with Crippen molar-refractivity contribution in [1.29, 1.82) is 0 Å². The molecule has 0 saturated carbocycles. The van der Waals surface area contributed by atoms with Crippen molar-refractivity contribution in [1.82, 2.24) is 9.99 Å². The molecule has 14 heavy (non-hydrogen) atoms. The van der Waals surface area contributed by atoms with Gasteiger partial charge in [0.1, 0.15) is 0 Å². The van der Waals surface area contributed by atoms with Crippen LogP contribution in [0.15, 0.2) is 5.38 Å². The van der Waals surface area contributed by atoms with E-state index in [1.54, 1.807) is 17.3 Å². The highest BCUT2D eigenvalue weighted by Crippen LogP contribution is 2.15. The first-order valence-electron chi connectivity index (χ1n) is 4.20. The van der Waals surface area contributed by atoms with Gasteiger partial charge in [-0.2, -0.15) is 0 Å². The summed E-state index contributed by atoms with van der Waals surface area (Å²) in [6.45, 7) is 2.13. The van der Waals surface area contributed by atoms with Gasteiger partial charge in [0.2, 0.25) is 0 Å². The maximum Gasteiger partial charge on any atom is 0.357 e. The van der Waals surface area contributed by atoms with Crippen LogP contribution in [0.2, 0.25) is 0 Å². The summed E-state index contributed by atoms with van der Waals surface area (Å²) in [5.74, 6) is -0.379. The normalized spacial score (nSPS) is 10.3. The largest absolute Gasteiger partial charge is 0.461 e. The van der Waals surface area contributed by atoms with Crippen LogP contribution in [-0.4, -0.2) is 36.7 Å². The molecule has 0 aliphatic carbocycles. The van der Waals surface area contributed by atoms with Crippen LogP contribution >= 0.6 is 11.3 Å². The number of ether oxygens (including phenoxy) is 1. The Kier molecular flexibility index (Phi) is 3.84. The SMILES string of the molecule is CCOC(=O)c1csc(NN(C)C)n1. The number of thiazole rings is 1. The Morgan fingerprint density at radius 1 is 1.71 bits per heavy atom. The average molecular weight is 215 g/mol. The summed E-state index contributed by atoms with van der Waals surface area (Å²) in [4.78, 5) is 15.3. The predicted molar refractivity (Wildman–Crippen MR) is 55.4 cm³/mol. The smallest absolute Gasteiger partial charge is 0.357 e. The molecule has 0 fully saturated rings. The summed E-state index contributed by atoms with van der Waals surface area (Å²) in [6.07, 6.45) is 0. The monoisotopic (exact) mass is 215 g/mol. The van der Waals surface area contributed by atoms with Gasteiger partial charge in [0.25, 0.3) is 0 Å². The minimum atomic E-state index is -0.379. The van der Waals surface area contributed by atoms with Crippen LogP contribution in [0, 0.1) is 0 Å². The van der Waals surface area contributed by atoms with E-state index in [0.29, 0.717) is 17.4 Å². The van der Waals surface area contributed by atoms with Gasteiger partial charge in [-0.1, -0.05) is 0 Å². The molecule has 1 rings (SSSR count). The van der Waals surface area contributed by atoms with Crippen molar-refractivity contribution < 1.29 is 9.53 Å². The number of anilines is 1. The Morgan fingerprint density at radius 3 is 3.00 bits per heavy atom. The zero-order chi connectivity index (χ0) is 10.6. The number of rotatable bonds is 4. The molecule has 0 amide bonds. The van der Waals surface area contributed by atoms with Crippen molar-refractivity contribution in [2.45, 2.75) is 6.92 Å². The molecular formula is C8H13N3O2S. The van der Waals surface area contributed by atoms with E-state index < -0.39 is 0 Å². The molecule has 0 unspecified atom stereocenters. The van der Waals surface area contributed by atoms with E-state index in [0.717, 1.165) is 0 Å². The molecule has 0 aliphatic rings. The van der Waals surface area contributed by atoms with Crippen LogP contribution in [0.25, 0.3) is 0 Å². The first-order valence-corrected chi connectivity index (χ1v) is 5.08. The second kappa shape index (κ2) is 4.92. The van der Waals surface area contributed by atoms with E-state index in [9.17, 15) is 4.79 Å². The van der Waals surface area contributed by atoms with Crippen LogP contribution in [0.4, 0.5) is 5.13 Å². The molecule has 78 valence electrons. The minimum absolute atomic E-state index is 0.348. The molecule has 1 N–H and O–H groups in total. The van der Waals surface area contributed by atoms with Gasteiger partial charge < -0.3 is 4.74 Å². The first kappa shape index (κ1) is 10.9. The average Bonchev–Trinajstić information content (AvgIpc) is 2.52. The molecule has 0 bridgehead atoms. The molecule has 0 saturated heterocycles. The van der Waals surface area contributed by atoms with E-state index in [1.165, 1.54) is 11.3 Å². The Morgan fingerprint density at radius 2 is 2.43 bits per heavy atom. The van der Waals surface area contributed by atoms with Crippen LogP contribution in [0.5, 0.6) is 0 Å². The highest BCUT2D eigenvalue weighted by Gasteiger charge is 2.11. The Hall–Kier alpha value is -1.14. The number of carbonyl (C=O) groups is 1. The van der Waals surface area contributed by atoms with Crippen molar-refractivity contribution in [2.75, 3.05) is 26.1 Å². The topological polar surface area (TPSA) is 54.5 Å². The van der Waals surface area contributed by atoms with Crippen molar-refractivity contribution in [3.63, 3.8) is 0 Å². The van der Waals surface area contributed by atoms with Crippen LogP contribution in [0.1, 0.15) is 17.4 Å². The van der Waals surface area contributed by atoms with Crippen LogP contribution < -0.4 is 5.43 Å². The fourth-order valence-corrected chi connectivity index (χ4v) is 1.57. The third kappa shape index (κ3) is 2.97. The molecule has 0 aromatic carbocycles. The minimum Gasteiger partial charge on any atom is -0.461 e. The molecule has 0 radical (unpaired) electrons. The van der Waals surface area contributed by atoms with Crippen molar-refractivity contribution in [3.05, 3.63) is 11.1 Å². The van der Waals surface area contributed by atoms with E-state index in [-0.39, 0.29) is 5.97 Å².